The standard InChI is InChI=1S/C13H17F3N2/c14-13(15,16)9-18(11-5-6-11)8-7-10-3-1-2-4-12(10)17/h1-4,11H,5-9,17H2. The average molecular weight is 258 g/mol. The van der Waals surface area contributed by atoms with Gasteiger partial charge >= 0.3 is 6.18 Å². The van der Waals surface area contributed by atoms with E-state index in [2.05, 4.69) is 0 Å². The summed E-state index contributed by atoms with van der Waals surface area (Å²) in [7, 11) is 0. The largest absolute Gasteiger partial charge is 0.401 e. The van der Waals surface area contributed by atoms with E-state index in [9.17, 15) is 13.2 Å². The van der Waals surface area contributed by atoms with Crippen molar-refractivity contribution in [3.05, 3.63) is 29.8 Å². The second-order valence-electron chi connectivity index (χ2n) is 4.77. The van der Waals surface area contributed by atoms with Crippen molar-refractivity contribution in [1.82, 2.24) is 4.90 Å². The molecule has 0 bridgehead atoms. The van der Waals surface area contributed by atoms with Gasteiger partial charge in [0.15, 0.2) is 0 Å². The summed E-state index contributed by atoms with van der Waals surface area (Å²) in [6.07, 6.45) is -1.80. The van der Waals surface area contributed by atoms with Crippen molar-refractivity contribution in [2.24, 2.45) is 0 Å². The van der Waals surface area contributed by atoms with Gasteiger partial charge in [-0.05, 0) is 30.9 Å². The molecule has 1 aromatic carbocycles. The van der Waals surface area contributed by atoms with E-state index in [0.29, 0.717) is 18.7 Å². The van der Waals surface area contributed by atoms with Crippen molar-refractivity contribution in [3.8, 4) is 0 Å². The Labute approximate surface area is 105 Å². The maximum absolute atomic E-state index is 12.4. The highest BCUT2D eigenvalue weighted by Gasteiger charge is 2.37. The number of para-hydroxylation sites is 1. The van der Waals surface area contributed by atoms with Gasteiger partial charge in [-0.1, -0.05) is 18.2 Å². The van der Waals surface area contributed by atoms with Crippen LogP contribution in [0.25, 0.3) is 0 Å². The summed E-state index contributed by atoms with van der Waals surface area (Å²) < 4.78 is 37.3. The van der Waals surface area contributed by atoms with E-state index in [0.717, 1.165) is 18.4 Å². The van der Waals surface area contributed by atoms with Crippen LogP contribution in [0.15, 0.2) is 24.3 Å². The van der Waals surface area contributed by atoms with Crippen molar-refractivity contribution in [2.75, 3.05) is 18.8 Å². The van der Waals surface area contributed by atoms with Gasteiger partial charge in [-0.25, -0.2) is 0 Å². The van der Waals surface area contributed by atoms with E-state index < -0.39 is 12.7 Å². The van der Waals surface area contributed by atoms with Gasteiger partial charge < -0.3 is 5.73 Å². The van der Waals surface area contributed by atoms with Gasteiger partial charge in [0, 0.05) is 18.3 Å². The van der Waals surface area contributed by atoms with E-state index in [-0.39, 0.29) is 6.04 Å². The molecular formula is C13H17F3N2. The number of nitrogen functional groups attached to an aromatic ring is 1. The average Bonchev–Trinajstić information content (AvgIpc) is 3.08. The molecule has 1 aliphatic carbocycles. The Bertz CT molecular complexity index is 399. The van der Waals surface area contributed by atoms with Crippen molar-refractivity contribution in [2.45, 2.75) is 31.5 Å². The van der Waals surface area contributed by atoms with Crippen molar-refractivity contribution in [3.63, 3.8) is 0 Å². The molecular weight excluding hydrogens is 241 g/mol. The lowest BCUT2D eigenvalue weighted by Crippen LogP contribution is -2.37. The third-order valence-corrected chi connectivity index (χ3v) is 3.17. The molecule has 1 aromatic rings. The highest BCUT2D eigenvalue weighted by atomic mass is 19.4. The molecule has 0 atom stereocenters. The summed E-state index contributed by atoms with van der Waals surface area (Å²) in [6.45, 7) is -0.400. The Balaban J connectivity index is 1.92. The smallest absolute Gasteiger partial charge is 0.399 e. The summed E-state index contributed by atoms with van der Waals surface area (Å²) in [6, 6.07) is 7.44. The summed E-state index contributed by atoms with van der Waals surface area (Å²) in [4.78, 5) is 1.52. The molecule has 0 saturated heterocycles. The number of hydrogen-bond donors (Lipinski definition) is 1. The Morgan fingerprint density at radius 2 is 1.89 bits per heavy atom. The zero-order valence-electron chi connectivity index (χ0n) is 10.1. The van der Waals surface area contributed by atoms with Gasteiger partial charge in [-0.15, -0.1) is 0 Å². The van der Waals surface area contributed by atoms with E-state index >= 15 is 0 Å². The normalized spacial score (nSPS) is 16.2. The fourth-order valence-electron chi connectivity index (χ4n) is 2.09. The Kier molecular flexibility index (Phi) is 3.80. The lowest BCUT2D eigenvalue weighted by atomic mass is 10.1. The predicted molar refractivity (Wildman–Crippen MR) is 65.2 cm³/mol. The van der Waals surface area contributed by atoms with E-state index in [1.165, 1.54) is 4.90 Å². The molecule has 0 unspecified atom stereocenters. The number of alkyl halides is 3. The third kappa shape index (κ3) is 3.91. The van der Waals surface area contributed by atoms with Gasteiger partial charge in [0.05, 0.1) is 6.54 Å². The Morgan fingerprint density at radius 1 is 1.22 bits per heavy atom. The van der Waals surface area contributed by atoms with Gasteiger partial charge in [0.2, 0.25) is 0 Å². The minimum Gasteiger partial charge on any atom is -0.399 e. The fraction of sp³-hybridized carbons (Fsp3) is 0.538. The topological polar surface area (TPSA) is 29.3 Å². The van der Waals surface area contributed by atoms with Crippen LogP contribution in [-0.2, 0) is 6.42 Å². The van der Waals surface area contributed by atoms with Crippen molar-refractivity contribution in [1.29, 1.82) is 0 Å². The van der Waals surface area contributed by atoms with E-state index in [4.69, 9.17) is 5.73 Å². The molecule has 0 heterocycles. The predicted octanol–water partition coefficient (Wildman–Crippen LogP) is 2.84. The number of halogens is 3. The molecule has 2 nitrogen and oxygen atoms in total. The summed E-state index contributed by atoms with van der Waals surface area (Å²) in [5.74, 6) is 0. The van der Waals surface area contributed by atoms with Gasteiger partial charge in [-0.3, -0.25) is 4.90 Å². The maximum Gasteiger partial charge on any atom is 0.401 e. The molecule has 5 heteroatoms. The molecule has 1 fully saturated rings. The zero-order valence-corrected chi connectivity index (χ0v) is 10.1. The first-order chi connectivity index (χ1) is 8.46. The van der Waals surface area contributed by atoms with Crippen LogP contribution >= 0.6 is 0 Å². The van der Waals surface area contributed by atoms with Crippen LogP contribution in [0, 0.1) is 0 Å². The molecule has 0 radical (unpaired) electrons. The van der Waals surface area contributed by atoms with Crippen molar-refractivity contribution >= 4 is 5.69 Å². The molecule has 18 heavy (non-hydrogen) atoms. The summed E-state index contributed by atoms with van der Waals surface area (Å²) in [5, 5.41) is 0. The highest BCUT2D eigenvalue weighted by Crippen LogP contribution is 2.30. The lowest BCUT2D eigenvalue weighted by Gasteiger charge is -2.23. The zero-order chi connectivity index (χ0) is 13.2. The first kappa shape index (κ1) is 13.2. The third-order valence-electron chi connectivity index (χ3n) is 3.17. The summed E-state index contributed by atoms with van der Waals surface area (Å²) >= 11 is 0. The minimum absolute atomic E-state index is 0.108. The number of anilines is 1. The van der Waals surface area contributed by atoms with Gasteiger partial charge in [0.1, 0.15) is 0 Å². The Morgan fingerprint density at radius 3 is 2.44 bits per heavy atom. The van der Waals surface area contributed by atoms with Crippen LogP contribution in [-0.4, -0.2) is 30.2 Å². The molecule has 2 N–H and O–H groups in total. The number of nitrogens with zero attached hydrogens (tertiary/aromatic N) is 1. The van der Waals surface area contributed by atoms with Crippen LogP contribution in [0.4, 0.5) is 18.9 Å². The van der Waals surface area contributed by atoms with Gasteiger partial charge in [0.25, 0.3) is 0 Å². The molecule has 0 aliphatic heterocycles. The van der Waals surface area contributed by atoms with Crippen LogP contribution in [0.5, 0.6) is 0 Å². The maximum atomic E-state index is 12.4. The molecule has 0 spiro atoms. The monoisotopic (exact) mass is 258 g/mol. The lowest BCUT2D eigenvalue weighted by molar-refractivity contribution is -0.147. The second-order valence-corrected chi connectivity index (χ2v) is 4.77. The van der Waals surface area contributed by atoms with Crippen LogP contribution in [0.2, 0.25) is 0 Å². The number of nitrogens with two attached hydrogens (primary N) is 1. The van der Waals surface area contributed by atoms with Crippen LogP contribution in [0.3, 0.4) is 0 Å². The first-order valence-corrected chi connectivity index (χ1v) is 6.10. The fourth-order valence-corrected chi connectivity index (χ4v) is 2.09. The van der Waals surface area contributed by atoms with E-state index in [1.54, 1.807) is 6.07 Å². The van der Waals surface area contributed by atoms with E-state index in [1.807, 2.05) is 18.2 Å². The Hall–Kier alpha value is -1.23. The SMILES string of the molecule is Nc1ccccc1CCN(CC(F)(F)F)C1CC1. The molecule has 100 valence electrons. The van der Waals surface area contributed by atoms with Gasteiger partial charge in [-0.2, -0.15) is 13.2 Å². The first-order valence-electron chi connectivity index (χ1n) is 6.10. The van der Waals surface area contributed by atoms with Crippen LogP contribution in [0.1, 0.15) is 18.4 Å². The molecule has 0 amide bonds. The highest BCUT2D eigenvalue weighted by molar-refractivity contribution is 5.46. The van der Waals surface area contributed by atoms with Crippen molar-refractivity contribution < 1.29 is 13.2 Å². The molecule has 0 aromatic heterocycles. The minimum atomic E-state index is -4.12. The van der Waals surface area contributed by atoms with Crippen LogP contribution < -0.4 is 5.73 Å². The summed E-state index contributed by atoms with van der Waals surface area (Å²) in [5.41, 5.74) is 7.36. The molecule has 1 saturated carbocycles. The number of hydrogen-bond acceptors (Lipinski definition) is 2. The molecule has 2 rings (SSSR count). The molecule has 1 aliphatic rings. The second kappa shape index (κ2) is 5.18. The quantitative estimate of drug-likeness (QED) is 0.823. The number of rotatable bonds is 5. The number of benzene rings is 1.